The molecule has 3 nitrogen and oxygen atoms in total. The van der Waals surface area contributed by atoms with Crippen molar-refractivity contribution >= 4 is 5.82 Å². The zero-order chi connectivity index (χ0) is 12.7. The molecule has 1 saturated carbocycles. The Labute approximate surface area is 105 Å². The van der Waals surface area contributed by atoms with E-state index in [2.05, 4.69) is 9.97 Å². The second-order valence-corrected chi connectivity index (χ2v) is 5.33. The molecule has 1 aliphatic heterocycles. The summed E-state index contributed by atoms with van der Waals surface area (Å²) < 4.78 is 25.3. The first-order valence-electron chi connectivity index (χ1n) is 6.52. The molecular formula is C13H17F2N3. The minimum atomic E-state index is -2.22. The number of nitrogens with zero attached hydrogens (tertiary/aromatic N) is 3. The Balaban J connectivity index is 1.79. The molecule has 0 N–H and O–H groups in total. The highest BCUT2D eigenvalue weighted by Gasteiger charge is 2.32. The third-order valence-electron chi connectivity index (χ3n) is 3.71. The van der Waals surface area contributed by atoms with Crippen molar-refractivity contribution in [2.45, 2.75) is 38.5 Å². The summed E-state index contributed by atoms with van der Waals surface area (Å²) in [6.45, 7) is 3.03. The molecule has 1 aromatic heterocycles. The third-order valence-corrected chi connectivity index (χ3v) is 3.71. The Hall–Kier alpha value is -1.26. The number of aromatic nitrogens is 2. The zero-order valence-electron chi connectivity index (χ0n) is 10.4. The normalized spacial score (nSPS) is 24.0. The van der Waals surface area contributed by atoms with Crippen LogP contribution in [-0.4, -0.2) is 29.5 Å². The molecule has 3 rings (SSSR count). The van der Waals surface area contributed by atoms with Crippen LogP contribution in [0.5, 0.6) is 0 Å². The van der Waals surface area contributed by atoms with Gasteiger partial charge in [0.1, 0.15) is 11.6 Å². The van der Waals surface area contributed by atoms with Gasteiger partial charge in [0.15, 0.2) is 0 Å². The van der Waals surface area contributed by atoms with E-state index in [-0.39, 0.29) is 0 Å². The zero-order valence-corrected chi connectivity index (χ0v) is 10.4. The highest BCUT2D eigenvalue weighted by molar-refractivity contribution is 5.41. The predicted octanol–water partition coefficient (Wildman–Crippen LogP) is 2.75. The molecule has 98 valence electrons. The largest absolute Gasteiger partial charge is 0.356 e. The summed E-state index contributed by atoms with van der Waals surface area (Å²) in [4.78, 5) is 10.9. The molecule has 1 atom stereocenters. The van der Waals surface area contributed by atoms with Gasteiger partial charge in [0.25, 0.3) is 0 Å². The van der Waals surface area contributed by atoms with E-state index in [1.54, 1.807) is 0 Å². The minimum Gasteiger partial charge on any atom is -0.356 e. The fraction of sp³-hybridized carbons (Fsp3) is 0.692. The van der Waals surface area contributed by atoms with Crippen LogP contribution >= 0.6 is 0 Å². The van der Waals surface area contributed by atoms with E-state index in [0.717, 1.165) is 30.2 Å². The smallest absolute Gasteiger partial charge is 0.243 e. The van der Waals surface area contributed by atoms with Crippen LogP contribution in [0.2, 0.25) is 0 Å². The SMILES string of the molecule is Cc1cc(N2CCC(C(F)F)C2)nc(C2CC2)n1. The van der Waals surface area contributed by atoms with Crippen LogP contribution in [0.15, 0.2) is 6.07 Å². The van der Waals surface area contributed by atoms with Gasteiger partial charge in [-0.05, 0) is 26.2 Å². The molecule has 0 spiro atoms. The van der Waals surface area contributed by atoms with E-state index >= 15 is 0 Å². The van der Waals surface area contributed by atoms with Gasteiger partial charge in [-0.3, -0.25) is 0 Å². The van der Waals surface area contributed by atoms with Gasteiger partial charge in [0.2, 0.25) is 6.43 Å². The second-order valence-electron chi connectivity index (χ2n) is 5.33. The number of aryl methyl sites for hydroxylation is 1. The van der Waals surface area contributed by atoms with Crippen molar-refractivity contribution in [3.8, 4) is 0 Å². The molecule has 0 radical (unpaired) electrons. The Morgan fingerprint density at radius 3 is 2.67 bits per heavy atom. The van der Waals surface area contributed by atoms with Gasteiger partial charge in [-0.25, -0.2) is 18.7 Å². The van der Waals surface area contributed by atoms with Gasteiger partial charge >= 0.3 is 0 Å². The van der Waals surface area contributed by atoms with Gasteiger partial charge in [-0.15, -0.1) is 0 Å². The number of hydrogen-bond donors (Lipinski definition) is 0. The highest BCUT2D eigenvalue weighted by Crippen LogP contribution is 2.39. The predicted molar refractivity (Wildman–Crippen MR) is 65.1 cm³/mol. The summed E-state index contributed by atoms with van der Waals surface area (Å²) in [6.07, 6.45) is 0.644. The first kappa shape index (κ1) is 11.8. The fourth-order valence-corrected chi connectivity index (χ4v) is 2.46. The first-order chi connectivity index (χ1) is 8.63. The van der Waals surface area contributed by atoms with Crippen LogP contribution < -0.4 is 4.90 Å². The van der Waals surface area contributed by atoms with E-state index in [1.807, 2.05) is 17.9 Å². The number of rotatable bonds is 3. The van der Waals surface area contributed by atoms with Crippen molar-refractivity contribution in [2.24, 2.45) is 5.92 Å². The molecule has 0 amide bonds. The molecule has 2 heterocycles. The Morgan fingerprint density at radius 2 is 2.06 bits per heavy atom. The molecule has 2 aliphatic rings. The van der Waals surface area contributed by atoms with E-state index < -0.39 is 12.3 Å². The maximum atomic E-state index is 12.7. The van der Waals surface area contributed by atoms with E-state index in [1.165, 1.54) is 0 Å². The Morgan fingerprint density at radius 1 is 1.28 bits per heavy atom. The average molecular weight is 253 g/mol. The molecule has 1 unspecified atom stereocenters. The standard InChI is InChI=1S/C13H17F2N3/c1-8-6-11(17-13(16-8)9-2-3-9)18-5-4-10(7-18)12(14)15/h6,9-10,12H,2-5,7H2,1H3. The summed E-state index contributed by atoms with van der Waals surface area (Å²) >= 11 is 0. The van der Waals surface area contributed by atoms with E-state index in [0.29, 0.717) is 25.4 Å². The van der Waals surface area contributed by atoms with Crippen molar-refractivity contribution in [3.05, 3.63) is 17.6 Å². The molecule has 5 heteroatoms. The fourth-order valence-electron chi connectivity index (χ4n) is 2.46. The van der Waals surface area contributed by atoms with E-state index in [9.17, 15) is 8.78 Å². The van der Waals surface area contributed by atoms with Gasteiger partial charge in [0, 0.05) is 36.7 Å². The Kier molecular flexibility index (Phi) is 2.92. The van der Waals surface area contributed by atoms with Crippen molar-refractivity contribution in [1.29, 1.82) is 0 Å². The lowest BCUT2D eigenvalue weighted by Crippen LogP contribution is -2.23. The topological polar surface area (TPSA) is 29.0 Å². The van der Waals surface area contributed by atoms with Crippen LogP contribution in [0.4, 0.5) is 14.6 Å². The lowest BCUT2D eigenvalue weighted by molar-refractivity contribution is 0.0880. The van der Waals surface area contributed by atoms with Crippen LogP contribution in [0.1, 0.15) is 36.7 Å². The molecule has 1 aromatic rings. The van der Waals surface area contributed by atoms with Crippen LogP contribution in [-0.2, 0) is 0 Å². The summed E-state index contributed by atoms with van der Waals surface area (Å²) in [5.41, 5.74) is 0.933. The van der Waals surface area contributed by atoms with Crippen molar-refractivity contribution < 1.29 is 8.78 Å². The van der Waals surface area contributed by atoms with Crippen LogP contribution in [0, 0.1) is 12.8 Å². The summed E-state index contributed by atoms with van der Waals surface area (Å²) in [5, 5.41) is 0. The van der Waals surface area contributed by atoms with Gasteiger partial charge in [-0.2, -0.15) is 0 Å². The first-order valence-corrected chi connectivity index (χ1v) is 6.52. The van der Waals surface area contributed by atoms with Crippen LogP contribution in [0.25, 0.3) is 0 Å². The van der Waals surface area contributed by atoms with E-state index in [4.69, 9.17) is 0 Å². The molecule has 0 bridgehead atoms. The molecule has 1 aliphatic carbocycles. The Bertz CT molecular complexity index is 446. The number of alkyl halides is 2. The number of halogens is 2. The highest BCUT2D eigenvalue weighted by atomic mass is 19.3. The van der Waals surface area contributed by atoms with Gasteiger partial charge in [-0.1, -0.05) is 0 Å². The van der Waals surface area contributed by atoms with Gasteiger partial charge < -0.3 is 4.90 Å². The average Bonchev–Trinajstić information content (AvgIpc) is 3.05. The lowest BCUT2D eigenvalue weighted by atomic mass is 10.1. The molecule has 18 heavy (non-hydrogen) atoms. The van der Waals surface area contributed by atoms with Crippen LogP contribution in [0.3, 0.4) is 0 Å². The molecule has 2 fully saturated rings. The summed E-state index contributed by atoms with van der Waals surface area (Å²) in [6, 6.07) is 1.90. The van der Waals surface area contributed by atoms with Crippen molar-refractivity contribution in [1.82, 2.24) is 9.97 Å². The third kappa shape index (κ3) is 2.31. The molecule has 1 saturated heterocycles. The summed E-state index contributed by atoms with van der Waals surface area (Å²) in [5.74, 6) is 1.71. The van der Waals surface area contributed by atoms with Crippen molar-refractivity contribution in [2.75, 3.05) is 18.0 Å². The second kappa shape index (κ2) is 4.44. The number of hydrogen-bond acceptors (Lipinski definition) is 3. The number of anilines is 1. The van der Waals surface area contributed by atoms with Gasteiger partial charge in [0.05, 0.1) is 0 Å². The van der Waals surface area contributed by atoms with Crippen molar-refractivity contribution in [3.63, 3.8) is 0 Å². The summed E-state index contributed by atoms with van der Waals surface area (Å²) in [7, 11) is 0. The minimum absolute atomic E-state index is 0.415. The monoisotopic (exact) mass is 253 g/mol. The molecular weight excluding hydrogens is 236 g/mol. The maximum absolute atomic E-state index is 12.7. The quantitative estimate of drug-likeness (QED) is 0.829. The maximum Gasteiger partial charge on any atom is 0.243 e. The lowest BCUT2D eigenvalue weighted by Gasteiger charge is -2.18. The molecule has 0 aromatic carbocycles.